The molecule has 0 bridgehead atoms. The molecule has 1 heterocycles. The number of carboxylic acids is 1. The third kappa shape index (κ3) is 1.87. The van der Waals surface area contributed by atoms with Gasteiger partial charge in [-0.15, -0.1) is 0 Å². The smallest absolute Gasteiger partial charge is 0.339 e. The number of hydrogen-bond acceptors (Lipinski definition) is 3. The van der Waals surface area contributed by atoms with Gasteiger partial charge >= 0.3 is 5.97 Å². The van der Waals surface area contributed by atoms with Gasteiger partial charge in [-0.2, -0.15) is 5.10 Å². The number of rotatable bonds is 2. The van der Waals surface area contributed by atoms with Crippen LogP contribution in [0.5, 0.6) is 5.75 Å². The fraction of sp³-hybridized carbons (Fsp3) is 0.167. The number of phenols is 1. The number of benzene rings is 1. The van der Waals surface area contributed by atoms with Crippen molar-refractivity contribution in [2.75, 3.05) is 0 Å². The maximum atomic E-state index is 11.0. The zero-order valence-corrected chi connectivity index (χ0v) is 9.51. The lowest BCUT2D eigenvalue weighted by molar-refractivity contribution is 0.0697. The van der Waals surface area contributed by atoms with Crippen molar-refractivity contribution in [1.82, 2.24) is 9.78 Å². The van der Waals surface area contributed by atoms with E-state index in [-0.39, 0.29) is 11.3 Å². The van der Waals surface area contributed by atoms with E-state index in [1.807, 2.05) is 0 Å². The van der Waals surface area contributed by atoms with E-state index in [4.69, 9.17) is 5.11 Å². The van der Waals surface area contributed by atoms with E-state index in [0.717, 1.165) is 5.56 Å². The summed E-state index contributed by atoms with van der Waals surface area (Å²) in [6.07, 6.45) is 1.30. The lowest BCUT2D eigenvalue weighted by Crippen LogP contribution is -2.00. The summed E-state index contributed by atoms with van der Waals surface area (Å²) >= 11 is 0. The van der Waals surface area contributed by atoms with Crippen LogP contribution < -0.4 is 0 Å². The van der Waals surface area contributed by atoms with Crippen LogP contribution in [0, 0.1) is 6.92 Å². The summed E-state index contributed by atoms with van der Waals surface area (Å²) in [7, 11) is 1.67. The van der Waals surface area contributed by atoms with Crippen LogP contribution in [0.2, 0.25) is 0 Å². The predicted molar refractivity (Wildman–Crippen MR) is 62.0 cm³/mol. The van der Waals surface area contributed by atoms with Crippen molar-refractivity contribution in [3.63, 3.8) is 0 Å². The molecule has 1 aromatic carbocycles. The van der Waals surface area contributed by atoms with E-state index in [1.54, 1.807) is 32.2 Å². The summed E-state index contributed by atoms with van der Waals surface area (Å²) in [5, 5.41) is 22.6. The van der Waals surface area contributed by atoms with Gasteiger partial charge in [-0.1, -0.05) is 12.1 Å². The van der Waals surface area contributed by atoms with Crippen molar-refractivity contribution in [3.8, 4) is 17.0 Å². The largest absolute Gasteiger partial charge is 0.508 e. The Balaban J connectivity index is 2.63. The molecule has 88 valence electrons. The number of phenolic OH excluding ortho intramolecular Hbond substituents is 1. The molecule has 0 fully saturated rings. The summed E-state index contributed by atoms with van der Waals surface area (Å²) in [5.74, 6) is -0.895. The highest BCUT2D eigenvalue weighted by molar-refractivity contribution is 5.94. The second-order valence-corrected chi connectivity index (χ2v) is 3.84. The number of aryl methyl sites for hydroxylation is 2. The Bertz CT molecular complexity index is 587. The number of nitrogens with zero attached hydrogens (tertiary/aromatic N) is 2. The number of carbonyl (C=O) groups is 1. The van der Waals surface area contributed by atoms with Crippen LogP contribution in [0.15, 0.2) is 24.4 Å². The van der Waals surface area contributed by atoms with E-state index >= 15 is 0 Å². The molecule has 2 aromatic rings. The zero-order valence-electron chi connectivity index (χ0n) is 9.51. The molecule has 5 nitrogen and oxygen atoms in total. The van der Waals surface area contributed by atoms with Crippen LogP contribution in [-0.2, 0) is 7.05 Å². The van der Waals surface area contributed by atoms with Crippen molar-refractivity contribution in [2.45, 2.75) is 6.92 Å². The number of aromatic carboxylic acids is 1. The number of aromatic hydroxyl groups is 1. The maximum absolute atomic E-state index is 11.0. The first kappa shape index (κ1) is 11.2. The van der Waals surface area contributed by atoms with E-state index < -0.39 is 5.97 Å². The Morgan fingerprint density at radius 1 is 1.41 bits per heavy atom. The average Bonchev–Trinajstić information content (AvgIpc) is 2.64. The fourth-order valence-electron chi connectivity index (χ4n) is 1.69. The third-order valence-corrected chi connectivity index (χ3v) is 2.65. The lowest BCUT2D eigenvalue weighted by atomic mass is 10.1. The van der Waals surface area contributed by atoms with Gasteiger partial charge in [0, 0.05) is 12.6 Å². The Morgan fingerprint density at radius 2 is 2.12 bits per heavy atom. The standard InChI is InChI=1S/C12H12N2O3/c1-7-3-4-8(5-10(7)15)11-9(12(16)17)6-13-14(11)2/h3-6,15H,1-2H3,(H,16,17). The van der Waals surface area contributed by atoms with Gasteiger partial charge in [0.25, 0.3) is 0 Å². The molecule has 0 amide bonds. The van der Waals surface area contributed by atoms with Gasteiger partial charge in [0.15, 0.2) is 0 Å². The van der Waals surface area contributed by atoms with Gasteiger partial charge in [-0.05, 0) is 18.6 Å². The van der Waals surface area contributed by atoms with E-state index in [2.05, 4.69) is 5.10 Å². The van der Waals surface area contributed by atoms with Crippen molar-refractivity contribution in [3.05, 3.63) is 35.5 Å². The maximum Gasteiger partial charge on any atom is 0.339 e. The molecule has 0 radical (unpaired) electrons. The highest BCUT2D eigenvalue weighted by Crippen LogP contribution is 2.28. The minimum absolute atomic E-state index is 0.121. The van der Waals surface area contributed by atoms with Crippen LogP contribution in [-0.4, -0.2) is 26.0 Å². The molecule has 0 atom stereocenters. The van der Waals surface area contributed by atoms with Gasteiger partial charge in [0.2, 0.25) is 0 Å². The quantitative estimate of drug-likeness (QED) is 0.827. The Morgan fingerprint density at radius 3 is 2.71 bits per heavy atom. The van der Waals surface area contributed by atoms with Crippen LogP contribution >= 0.6 is 0 Å². The molecule has 0 saturated carbocycles. The van der Waals surface area contributed by atoms with Crippen molar-refractivity contribution >= 4 is 5.97 Å². The predicted octanol–water partition coefficient (Wildman–Crippen LogP) is 1.80. The van der Waals surface area contributed by atoms with Crippen LogP contribution in [0.3, 0.4) is 0 Å². The molecule has 0 aliphatic heterocycles. The normalized spacial score (nSPS) is 10.5. The van der Waals surface area contributed by atoms with Crippen molar-refractivity contribution in [1.29, 1.82) is 0 Å². The minimum atomic E-state index is -1.03. The van der Waals surface area contributed by atoms with Crippen LogP contribution in [0.1, 0.15) is 15.9 Å². The molecule has 2 rings (SSSR count). The molecule has 0 aliphatic carbocycles. The summed E-state index contributed by atoms with van der Waals surface area (Å²) in [6.45, 7) is 1.78. The number of hydrogen-bond donors (Lipinski definition) is 2. The molecule has 0 saturated heterocycles. The first-order valence-electron chi connectivity index (χ1n) is 5.06. The molecule has 0 aliphatic rings. The Kier molecular flexibility index (Phi) is 2.59. The number of carboxylic acid groups (broad SMARTS) is 1. The van der Waals surface area contributed by atoms with Crippen molar-refractivity contribution < 1.29 is 15.0 Å². The molecule has 1 aromatic heterocycles. The van der Waals surface area contributed by atoms with Crippen LogP contribution in [0.25, 0.3) is 11.3 Å². The Hall–Kier alpha value is -2.30. The molecule has 0 spiro atoms. The Labute approximate surface area is 97.9 Å². The van der Waals surface area contributed by atoms with Gasteiger partial charge in [-0.25, -0.2) is 4.79 Å². The van der Waals surface area contributed by atoms with E-state index in [9.17, 15) is 9.90 Å². The highest BCUT2D eigenvalue weighted by Gasteiger charge is 2.17. The van der Waals surface area contributed by atoms with Crippen molar-refractivity contribution in [2.24, 2.45) is 7.05 Å². The SMILES string of the molecule is Cc1ccc(-c2c(C(=O)O)cnn2C)cc1O. The van der Waals surface area contributed by atoms with Gasteiger partial charge < -0.3 is 10.2 Å². The molecule has 5 heteroatoms. The van der Waals surface area contributed by atoms with E-state index in [1.165, 1.54) is 10.9 Å². The summed E-state index contributed by atoms with van der Waals surface area (Å²) < 4.78 is 1.48. The minimum Gasteiger partial charge on any atom is -0.508 e. The van der Waals surface area contributed by atoms with Gasteiger partial charge in [0.1, 0.15) is 11.3 Å². The highest BCUT2D eigenvalue weighted by atomic mass is 16.4. The summed E-state index contributed by atoms with van der Waals surface area (Å²) in [5.41, 5.74) is 1.97. The third-order valence-electron chi connectivity index (χ3n) is 2.65. The fourth-order valence-corrected chi connectivity index (χ4v) is 1.69. The first-order chi connectivity index (χ1) is 8.00. The molecule has 17 heavy (non-hydrogen) atoms. The topological polar surface area (TPSA) is 75.3 Å². The van der Waals surface area contributed by atoms with Crippen LogP contribution in [0.4, 0.5) is 0 Å². The molecular formula is C12H12N2O3. The monoisotopic (exact) mass is 232 g/mol. The summed E-state index contributed by atoms with van der Waals surface area (Å²) in [4.78, 5) is 11.0. The van der Waals surface area contributed by atoms with E-state index in [0.29, 0.717) is 11.3 Å². The van der Waals surface area contributed by atoms with Gasteiger partial charge in [-0.3, -0.25) is 4.68 Å². The average molecular weight is 232 g/mol. The number of aromatic nitrogens is 2. The zero-order chi connectivity index (χ0) is 12.6. The second-order valence-electron chi connectivity index (χ2n) is 3.84. The first-order valence-corrected chi connectivity index (χ1v) is 5.06. The lowest BCUT2D eigenvalue weighted by Gasteiger charge is -2.06. The molecule has 2 N–H and O–H groups in total. The summed E-state index contributed by atoms with van der Waals surface area (Å²) in [6, 6.07) is 5.04. The van der Waals surface area contributed by atoms with Gasteiger partial charge in [0.05, 0.1) is 11.9 Å². The molecular weight excluding hydrogens is 220 g/mol. The molecule has 0 unspecified atom stereocenters. The second kappa shape index (κ2) is 3.93.